The molecule has 0 heterocycles. The average molecular weight is 264 g/mol. The molecular weight excluding hydrogens is 240 g/mol. The van der Waals surface area contributed by atoms with Crippen LogP contribution in [0.4, 0.5) is 11.4 Å². The summed E-state index contributed by atoms with van der Waals surface area (Å²) in [7, 11) is 0. The monoisotopic (exact) mass is 264 g/mol. The summed E-state index contributed by atoms with van der Waals surface area (Å²) in [6, 6.07) is 7.26. The number of hydrogen-bond acceptors (Lipinski definition) is 3. The van der Waals surface area contributed by atoms with Crippen molar-refractivity contribution in [3.05, 3.63) is 24.3 Å². The highest BCUT2D eigenvalue weighted by Crippen LogP contribution is 2.16. The fourth-order valence-electron chi connectivity index (χ4n) is 1.58. The molecule has 0 atom stereocenters. The fraction of sp³-hybridized carbons (Fsp3) is 0.533. The number of hydrogen-bond donors (Lipinski definition) is 2. The summed E-state index contributed by atoms with van der Waals surface area (Å²) in [6.45, 7) is 5.73. The van der Waals surface area contributed by atoms with Gasteiger partial charge in [-0.1, -0.05) is 26.0 Å². The number of carbonyl (C=O) groups is 1. The SMILES string of the molecule is CC(C)CCOCCCC(=O)Nc1ccccc1N. The number of benzene rings is 1. The maximum Gasteiger partial charge on any atom is 0.224 e. The Morgan fingerprint density at radius 1 is 1.32 bits per heavy atom. The Kier molecular flexibility index (Phi) is 6.97. The quantitative estimate of drug-likeness (QED) is 0.560. The molecule has 1 amide bonds. The predicted molar refractivity (Wildman–Crippen MR) is 79.0 cm³/mol. The van der Waals surface area contributed by atoms with E-state index in [4.69, 9.17) is 10.5 Å². The van der Waals surface area contributed by atoms with E-state index in [1.165, 1.54) is 0 Å². The zero-order valence-corrected chi connectivity index (χ0v) is 11.8. The van der Waals surface area contributed by atoms with E-state index in [9.17, 15) is 4.79 Å². The van der Waals surface area contributed by atoms with Crippen molar-refractivity contribution in [3.8, 4) is 0 Å². The molecule has 0 spiro atoms. The van der Waals surface area contributed by atoms with Crippen LogP contribution in [0.1, 0.15) is 33.1 Å². The summed E-state index contributed by atoms with van der Waals surface area (Å²) >= 11 is 0. The minimum atomic E-state index is -0.0228. The standard InChI is InChI=1S/C15H24N2O2/c1-12(2)9-11-19-10-5-8-15(18)17-14-7-4-3-6-13(14)16/h3-4,6-7,12H,5,8-11,16H2,1-2H3,(H,17,18). The summed E-state index contributed by atoms with van der Waals surface area (Å²) in [5.41, 5.74) is 7.01. The number of para-hydroxylation sites is 2. The van der Waals surface area contributed by atoms with Crippen LogP contribution in [0, 0.1) is 5.92 Å². The third kappa shape index (κ3) is 6.82. The Morgan fingerprint density at radius 2 is 2.05 bits per heavy atom. The third-order valence-corrected chi connectivity index (χ3v) is 2.77. The lowest BCUT2D eigenvalue weighted by molar-refractivity contribution is -0.116. The molecule has 0 aliphatic carbocycles. The maximum absolute atomic E-state index is 11.7. The van der Waals surface area contributed by atoms with Gasteiger partial charge in [-0.05, 0) is 30.9 Å². The van der Waals surface area contributed by atoms with Gasteiger partial charge in [0.25, 0.3) is 0 Å². The topological polar surface area (TPSA) is 64.3 Å². The van der Waals surface area contributed by atoms with Gasteiger partial charge in [0.15, 0.2) is 0 Å². The first-order valence-corrected chi connectivity index (χ1v) is 6.81. The van der Waals surface area contributed by atoms with E-state index in [1.54, 1.807) is 12.1 Å². The molecule has 106 valence electrons. The third-order valence-electron chi connectivity index (χ3n) is 2.77. The number of anilines is 2. The van der Waals surface area contributed by atoms with Crippen molar-refractivity contribution in [1.29, 1.82) is 0 Å². The zero-order chi connectivity index (χ0) is 14.1. The number of carbonyl (C=O) groups excluding carboxylic acids is 1. The normalized spacial score (nSPS) is 10.7. The molecule has 3 N–H and O–H groups in total. The van der Waals surface area contributed by atoms with Crippen LogP contribution in [0.3, 0.4) is 0 Å². The Labute approximate surface area is 115 Å². The van der Waals surface area contributed by atoms with E-state index >= 15 is 0 Å². The lowest BCUT2D eigenvalue weighted by Gasteiger charge is -2.08. The molecule has 0 saturated carbocycles. The molecule has 0 unspecified atom stereocenters. The summed E-state index contributed by atoms with van der Waals surface area (Å²) in [6.07, 6.45) is 2.25. The van der Waals surface area contributed by atoms with Crippen LogP contribution in [-0.4, -0.2) is 19.1 Å². The molecule has 0 aliphatic heterocycles. The van der Waals surface area contributed by atoms with Gasteiger partial charge in [-0.3, -0.25) is 4.79 Å². The van der Waals surface area contributed by atoms with Gasteiger partial charge < -0.3 is 15.8 Å². The number of rotatable bonds is 8. The number of amides is 1. The van der Waals surface area contributed by atoms with Crippen LogP contribution in [-0.2, 0) is 9.53 Å². The number of nitrogen functional groups attached to an aromatic ring is 1. The predicted octanol–water partition coefficient (Wildman–Crippen LogP) is 3.05. The van der Waals surface area contributed by atoms with Gasteiger partial charge in [-0.2, -0.15) is 0 Å². The molecule has 0 saturated heterocycles. The van der Waals surface area contributed by atoms with Crippen molar-refractivity contribution in [3.63, 3.8) is 0 Å². The van der Waals surface area contributed by atoms with Crippen LogP contribution in [0.2, 0.25) is 0 Å². The van der Waals surface area contributed by atoms with Gasteiger partial charge in [0.1, 0.15) is 0 Å². The lowest BCUT2D eigenvalue weighted by Crippen LogP contribution is -2.13. The summed E-state index contributed by atoms with van der Waals surface area (Å²) < 4.78 is 5.46. The van der Waals surface area contributed by atoms with E-state index < -0.39 is 0 Å². The van der Waals surface area contributed by atoms with Crippen molar-refractivity contribution in [2.75, 3.05) is 24.3 Å². The Morgan fingerprint density at radius 3 is 2.74 bits per heavy atom. The van der Waals surface area contributed by atoms with Gasteiger partial charge in [-0.15, -0.1) is 0 Å². The zero-order valence-electron chi connectivity index (χ0n) is 11.8. The van der Waals surface area contributed by atoms with Crippen LogP contribution >= 0.6 is 0 Å². The minimum Gasteiger partial charge on any atom is -0.397 e. The summed E-state index contributed by atoms with van der Waals surface area (Å²) in [5, 5.41) is 2.80. The first kappa shape index (κ1) is 15.5. The molecule has 4 nitrogen and oxygen atoms in total. The average Bonchev–Trinajstić information content (AvgIpc) is 2.36. The van der Waals surface area contributed by atoms with Crippen LogP contribution < -0.4 is 11.1 Å². The number of nitrogens with two attached hydrogens (primary N) is 1. The highest BCUT2D eigenvalue weighted by molar-refractivity contribution is 5.93. The molecule has 1 rings (SSSR count). The van der Waals surface area contributed by atoms with E-state index in [0.29, 0.717) is 30.3 Å². The molecule has 4 heteroatoms. The van der Waals surface area contributed by atoms with Crippen molar-refractivity contribution in [2.24, 2.45) is 5.92 Å². The van der Waals surface area contributed by atoms with Gasteiger partial charge in [0.2, 0.25) is 5.91 Å². The van der Waals surface area contributed by atoms with Crippen molar-refractivity contribution in [2.45, 2.75) is 33.1 Å². The molecule has 1 aromatic carbocycles. The summed E-state index contributed by atoms with van der Waals surface area (Å²) in [5.74, 6) is 0.634. The molecule has 0 fully saturated rings. The first-order chi connectivity index (χ1) is 9.09. The van der Waals surface area contributed by atoms with E-state index in [1.807, 2.05) is 12.1 Å². The van der Waals surface area contributed by atoms with Gasteiger partial charge in [-0.25, -0.2) is 0 Å². The van der Waals surface area contributed by atoms with E-state index in [-0.39, 0.29) is 5.91 Å². The molecule has 0 radical (unpaired) electrons. The molecule has 0 aromatic heterocycles. The largest absolute Gasteiger partial charge is 0.397 e. The highest BCUT2D eigenvalue weighted by Gasteiger charge is 2.04. The van der Waals surface area contributed by atoms with Crippen LogP contribution in [0.15, 0.2) is 24.3 Å². The van der Waals surface area contributed by atoms with Crippen LogP contribution in [0.25, 0.3) is 0 Å². The first-order valence-electron chi connectivity index (χ1n) is 6.81. The maximum atomic E-state index is 11.7. The van der Waals surface area contributed by atoms with Gasteiger partial charge in [0, 0.05) is 19.6 Å². The van der Waals surface area contributed by atoms with Crippen molar-refractivity contribution in [1.82, 2.24) is 0 Å². The Hall–Kier alpha value is -1.55. The smallest absolute Gasteiger partial charge is 0.224 e. The number of ether oxygens (including phenoxy) is 1. The van der Waals surface area contributed by atoms with E-state index in [2.05, 4.69) is 19.2 Å². The molecule has 1 aromatic rings. The molecule has 0 aliphatic rings. The van der Waals surface area contributed by atoms with E-state index in [0.717, 1.165) is 19.4 Å². The lowest BCUT2D eigenvalue weighted by atomic mass is 10.1. The second kappa shape index (κ2) is 8.53. The molecule has 0 bridgehead atoms. The van der Waals surface area contributed by atoms with Gasteiger partial charge in [0.05, 0.1) is 11.4 Å². The minimum absolute atomic E-state index is 0.0228. The Balaban J connectivity index is 2.13. The molecular formula is C15H24N2O2. The second-order valence-electron chi connectivity index (χ2n) is 5.03. The van der Waals surface area contributed by atoms with Crippen LogP contribution in [0.5, 0.6) is 0 Å². The van der Waals surface area contributed by atoms with Crippen molar-refractivity contribution >= 4 is 17.3 Å². The fourth-order valence-corrected chi connectivity index (χ4v) is 1.58. The summed E-state index contributed by atoms with van der Waals surface area (Å²) in [4.78, 5) is 11.7. The number of nitrogens with one attached hydrogen (secondary N) is 1. The van der Waals surface area contributed by atoms with Gasteiger partial charge >= 0.3 is 0 Å². The highest BCUT2D eigenvalue weighted by atomic mass is 16.5. The molecule has 19 heavy (non-hydrogen) atoms. The van der Waals surface area contributed by atoms with Crippen molar-refractivity contribution < 1.29 is 9.53 Å². The second-order valence-corrected chi connectivity index (χ2v) is 5.03. The Bertz CT molecular complexity index is 391.